The summed E-state index contributed by atoms with van der Waals surface area (Å²) < 4.78 is 1.02. The van der Waals surface area contributed by atoms with Crippen molar-refractivity contribution in [3.05, 3.63) is 20.8 Å². The molecule has 1 saturated heterocycles. The van der Waals surface area contributed by atoms with Crippen LogP contribution in [0.15, 0.2) is 15.9 Å². The number of nitrogens with one attached hydrogen (secondary N) is 1. The molecule has 0 radical (unpaired) electrons. The average Bonchev–Trinajstić information content (AvgIpc) is 2.43. The van der Waals surface area contributed by atoms with Crippen LogP contribution in [0.3, 0.4) is 0 Å². The van der Waals surface area contributed by atoms with Crippen molar-refractivity contribution in [1.29, 1.82) is 0 Å². The van der Waals surface area contributed by atoms with Crippen LogP contribution in [0.4, 0.5) is 0 Å². The van der Waals surface area contributed by atoms with E-state index in [1.165, 1.54) is 0 Å². The van der Waals surface area contributed by atoms with Gasteiger partial charge in [-0.1, -0.05) is 0 Å². The van der Waals surface area contributed by atoms with E-state index in [0.29, 0.717) is 19.5 Å². The SMILES string of the molecule is O=C(O)C1(Cc2sccc2Br)CNC1. The van der Waals surface area contributed by atoms with Gasteiger partial charge in [-0.05, 0) is 27.4 Å². The lowest BCUT2D eigenvalue weighted by Crippen LogP contribution is -2.59. The number of thiophene rings is 1. The zero-order valence-electron chi connectivity index (χ0n) is 7.42. The largest absolute Gasteiger partial charge is 0.481 e. The number of halogens is 1. The predicted molar refractivity (Wildman–Crippen MR) is 58.7 cm³/mol. The molecular formula is C9H10BrNO2S. The van der Waals surface area contributed by atoms with Gasteiger partial charge in [-0.3, -0.25) is 4.79 Å². The summed E-state index contributed by atoms with van der Waals surface area (Å²) in [5, 5.41) is 14.1. The fourth-order valence-corrected chi connectivity index (χ4v) is 3.17. The van der Waals surface area contributed by atoms with E-state index in [9.17, 15) is 4.79 Å². The van der Waals surface area contributed by atoms with Crippen molar-refractivity contribution in [3.63, 3.8) is 0 Å². The maximum Gasteiger partial charge on any atom is 0.312 e. The van der Waals surface area contributed by atoms with E-state index in [2.05, 4.69) is 21.2 Å². The highest BCUT2D eigenvalue weighted by Crippen LogP contribution is 2.33. The summed E-state index contributed by atoms with van der Waals surface area (Å²) in [4.78, 5) is 12.2. The molecule has 1 aromatic rings. The van der Waals surface area contributed by atoms with Gasteiger partial charge in [0.25, 0.3) is 0 Å². The Balaban J connectivity index is 2.17. The second-order valence-electron chi connectivity index (χ2n) is 3.56. The van der Waals surface area contributed by atoms with Gasteiger partial charge in [0.2, 0.25) is 0 Å². The molecular weight excluding hydrogens is 266 g/mol. The zero-order valence-corrected chi connectivity index (χ0v) is 9.82. The minimum Gasteiger partial charge on any atom is -0.481 e. The molecule has 2 rings (SSSR count). The van der Waals surface area contributed by atoms with Crippen LogP contribution in [0, 0.1) is 5.41 Å². The maximum atomic E-state index is 11.1. The second kappa shape index (κ2) is 3.64. The minimum absolute atomic E-state index is 0.576. The van der Waals surface area contributed by atoms with Gasteiger partial charge in [0, 0.05) is 28.9 Å². The van der Waals surface area contributed by atoms with E-state index in [1.54, 1.807) is 11.3 Å². The molecule has 3 nitrogen and oxygen atoms in total. The van der Waals surface area contributed by atoms with E-state index in [0.717, 1.165) is 9.35 Å². The van der Waals surface area contributed by atoms with E-state index in [-0.39, 0.29) is 0 Å². The minimum atomic E-state index is -0.698. The molecule has 2 N–H and O–H groups in total. The van der Waals surface area contributed by atoms with Gasteiger partial charge in [-0.2, -0.15) is 0 Å². The first-order valence-corrected chi connectivity index (χ1v) is 5.97. The molecule has 1 fully saturated rings. The fourth-order valence-electron chi connectivity index (χ4n) is 1.54. The van der Waals surface area contributed by atoms with Crippen molar-refractivity contribution in [2.45, 2.75) is 6.42 Å². The Hall–Kier alpha value is -0.390. The molecule has 0 unspecified atom stereocenters. The first-order chi connectivity index (χ1) is 6.64. The summed E-state index contributed by atoms with van der Waals surface area (Å²) in [6, 6.07) is 1.96. The first kappa shape index (κ1) is 10.1. The molecule has 14 heavy (non-hydrogen) atoms. The molecule has 0 aliphatic carbocycles. The van der Waals surface area contributed by atoms with Crippen LogP contribution in [0.25, 0.3) is 0 Å². The van der Waals surface area contributed by atoms with Gasteiger partial charge >= 0.3 is 5.97 Å². The lowest BCUT2D eigenvalue weighted by molar-refractivity contribution is -0.152. The lowest BCUT2D eigenvalue weighted by atomic mass is 9.78. The molecule has 1 aromatic heterocycles. The van der Waals surface area contributed by atoms with Crippen LogP contribution in [-0.2, 0) is 11.2 Å². The highest BCUT2D eigenvalue weighted by molar-refractivity contribution is 9.10. The molecule has 76 valence electrons. The Bertz CT molecular complexity index is 359. The Kier molecular flexibility index (Phi) is 2.64. The van der Waals surface area contributed by atoms with Gasteiger partial charge in [-0.15, -0.1) is 11.3 Å². The van der Waals surface area contributed by atoms with Crippen LogP contribution < -0.4 is 5.32 Å². The Morgan fingerprint density at radius 3 is 2.79 bits per heavy atom. The maximum absolute atomic E-state index is 11.1. The number of carboxylic acid groups (broad SMARTS) is 1. The van der Waals surface area contributed by atoms with Crippen molar-refractivity contribution in [2.24, 2.45) is 5.41 Å². The summed E-state index contributed by atoms with van der Waals surface area (Å²) in [5.41, 5.74) is -0.576. The van der Waals surface area contributed by atoms with Gasteiger partial charge in [0.1, 0.15) is 0 Å². The Morgan fingerprint density at radius 1 is 1.71 bits per heavy atom. The number of carboxylic acids is 1. The van der Waals surface area contributed by atoms with Crippen molar-refractivity contribution in [1.82, 2.24) is 5.32 Å². The molecule has 0 amide bonds. The van der Waals surface area contributed by atoms with Gasteiger partial charge in [0.05, 0.1) is 5.41 Å². The van der Waals surface area contributed by atoms with E-state index in [4.69, 9.17) is 5.11 Å². The lowest BCUT2D eigenvalue weighted by Gasteiger charge is -2.38. The normalized spacial score (nSPS) is 18.9. The van der Waals surface area contributed by atoms with Crippen LogP contribution in [0.2, 0.25) is 0 Å². The molecule has 0 atom stereocenters. The third-order valence-corrected chi connectivity index (χ3v) is 4.50. The van der Waals surface area contributed by atoms with Crippen LogP contribution in [-0.4, -0.2) is 24.2 Å². The molecule has 0 saturated carbocycles. The summed E-state index contributed by atoms with van der Waals surface area (Å²) in [5.74, 6) is -0.698. The number of carbonyl (C=O) groups is 1. The smallest absolute Gasteiger partial charge is 0.312 e. The number of hydrogen-bond donors (Lipinski definition) is 2. The predicted octanol–water partition coefficient (Wildman–Crippen LogP) is 1.73. The van der Waals surface area contributed by atoms with Crippen LogP contribution in [0.1, 0.15) is 4.88 Å². The van der Waals surface area contributed by atoms with Crippen molar-refractivity contribution in [3.8, 4) is 0 Å². The summed E-state index contributed by atoms with van der Waals surface area (Å²) in [6.45, 7) is 1.15. The van der Waals surface area contributed by atoms with E-state index in [1.807, 2.05) is 11.4 Å². The topological polar surface area (TPSA) is 49.3 Å². The number of rotatable bonds is 3. The molecule has 5 heteroatoms. The summed E-state index contributed by atoms with van der Waals surface area (Å²) in [6.07, 6.45) is 0.619. The standard InChI is InChI=1S/C9H10BrNO2S/c10-6-1-2-14-7(6)3-9(8(12)13)4-11-5-9/h1-2,11H,3-5H2,(H,12,13). The molecule has 2 heterocycles. The average molecular weight is 276 g/mol. The van der Waals surface area contributed by atoms with Crippen molar-refractivity contribution in [2.75, 3.05) is 13.1 Å². The monoisotopic (exact) mass is 275 g/mol. The number of aliphatic carboxylic acids is 1. The molecule has 0 aromatic carbocycles. The Labute approximate surface area is 94.3 Å². The van der Waals surface area contributed by atoms with E-state index >= 15 is 0 Å². The molecule has 0 bridgehead atoms. The van der Waals surface area contributed by atoms with Gasteiger partial charge in [0.15, 0.2) is 0 Å². The van der Waals surface area contributed by atoms with Crippen molar-refractivity contribution >= 4 is 33.2 Å². The summed E-state index contributed by atoms with van der Waals surface area (Å²) in [7, 11) is 0. The van der Waals surface area contributed by atoms with E-state index < -0.39 is 11.4 Å². The second-order valence-corrected chi connectivity index (χ2v) is 5.41. The van der Waals surface area contributed by atoms with Crippen LogP contribution in [0.5, 0.6) is 0 Å². The summed E-state index contributed by atoms with van der Waals surface area (Å²) >= 11 is 5.02. The zero-order chi connectivity index (χ0) is 10.2. The highest BCUT2D eigenvalue weighted by atomic mass is 79.9. The van der Waals surface area contributed by atoms with Crippen molar-refractivity contribution < 1.29 is 9.90 Å². The quantitative estimate of drug-likeness (QED) is 0.884. The fraction of sp³-hybridized carbons (Fsp3) is 0.444. The third kappa shape index (κ3) is 1.60. The highest BCUT2D eigenvalue weighted by Gasteiger charge is 2.44. The molecule has 0 spiro atoms. The van der Waals surface area contributed by atoms with Gasteiger partial charge in [-0.25, -0.2) is 0 Å². The first-order valence-electron chi connectivity index (χ1n) is 4.30. The molecule has 1 aliphatic heterocycles. The third-order valence-electron chi connectivity index (χ3n) is 2.57. The molecule has 1 aliphatic rings. The number of hydrogen-bond acceptors (Lipinski definition) is 3. The van der Waals surface area contributed by atoms with Gasteiger partial charge < -0.3 is 10.4 Å². The van der Waals surface area contributed by atoms with Crippen LogP contribution >= 0.6 is 27.3 Å². The Morgan fingerprint density at radius 2 is 2.43 bits per heavy atom.